The molecule has 1 heterocycles. The summed E-state index contributed by atoms with van der Waals surface area (Å²) in [6.07, 6.45) is 0. The Morgan fingerprint density at radius 3 is 2.00 bits per heavy atom. The molecule has 0 fully saturated rings. The summed E-state index contributed by atoms with van der Waals surface area (Å²) in [7, 11) is 0. The number of hydrogen-bond donors (Lipinski definition) is 1. The summed E-state index contributed by atoms with van der Waals surface area (Å²) in [4.78, 5) is 33.0. The van der Waals surface area contributed by atoms with Crippen LogP contribution < -0.4 is 5.32 Å². The van der Waals surface area contributed by atoms with Crippen LogP contribution in [-0.2, 0) is 14.3 Å². The number of thioether (sulfide) groups is 1. The Bertz CT molecular complexity index is 937. The molecule has 1 aromatic heterocycles. The summed E-state index contributed by atoms with van der Waals surface area (Å²) >= 11 is 1.19. The Hall–Kier alpha value is -3.19. The third kappa shape index (κ3) is 6.42. The van der Waals surface area contributed by atoms with Crippen LogP contribution in [0.15, 0.2) is 71.9 Å². The van der Waals surface area contributed by atoms with Gasteiger partial charge in [-0.05, 0) is 31.0 Å². The van der Waals surface area contributed by atoms with Crippen LogP contribution in [-0.4, -0.2) is 34.2 Å². The fraction of sp³-hybridized carbons (Fsp3) is 0.217. The number of carbonyl (C=O) groups excluding carboxylic acids is 2. The molecule has 0 radical (unpaired) electrons. The molecule has 0 saturated carbocycles. The molecule has 0 aliphatic carbocycles. The summed E-state index contributed by atoms with van der Waals surface area (Å²) in [6.45, 7) is 3.40. The number of rotatable bonds is 8. The number of benzene rings is 2. The highest BCUT2D eigenvalue weighted by atomic mass is 32.2. The first-order chi connectivity index (χ1) is 14.5. The van der Waals surface area contributed by atoms with Gasteiger partial charge in [0.05, 0.1) is 11.8 Å². The molecule has 0 unspecified atom stereocenters. The molecule has 3 rings (SSSR count). The van der Waals surface area contributed by atoms with Crippen LogP contribution in [0.5, 0.6) is 0 Å². The second kappa shape index (κ2) is 10.5. The molecule has 6 nitrogen and oxygen atoms in total. The van der Waals surface area contributed by atoms with Crippen molar-refractivity contribution < 1.29 is 14.3 Å². The molecule has 7 heteroatoms. The van der Waals surface area contributed by atoms with E-state index in [-0.39, 0.29) is 24.3 Å². The first-order valence-corrected chi connectivity index (χ1v) is 10.5. The van der Waals surface area contributed by atoms with Gasteiger partial charge in [0.1, 0.15) is 0 Å². The number of aromatic nitrogens is 2. The summed E-state index contributed by atoms with van der Waals surface area (Å²) < 4.78 is 5.13. The lowest BCUT2D eigenvalue weighted by Crippen LogP contribution is -2.33. The van der Waals surface area contributed by atoms with Gasteiger partial charge in [0.15, 0.2) is 11.8 Å². The molecule has 30 heavy (non-hydrogen) atoms. The Balaban J connectivity index is 1.54. The summed E-state index contributed by atoms with van der Waals surface area (Å²) in [5, 5.41) is 3.46. The zero-order valence-corrected chi connectivity index (χ0v) is 17.7. The van der Waals surface area contributed by atoms with E-state index in [1.165, 1.54) is 11.8 Å². The van der Waals surface area contributed by atoms with Crippen molar-refractivity contribution >= 4 is 23.6 Å². The van der Waals surface area contributed by atoms with Crippen LogP contribution in [0.25, 0.3) is 0 Å². The number of carbonyl (C=O) groups is 2. The smallest absolute Gasteiger partial charge is 0.316 e. The monoisotopic (exact) mass is 421 g/mol. The summed E-state index contributed by atoms with van der Waals surface area (Å²) in [5.74, 6) is -0.820. The molecule has 2 aromatic carbocycles. The van der Waals surface area contributed by atoms with E-state index in [1.54, 1.807) is 0 Å². The quantitative estimate of drug-likeness (QED) is 0.340. The lowest BCUT2D eigenvalue weighted by Gasteiger charge is -2.19. The number of aryl methyl sites for hydroxylation is 2. The fourth-order valence-electron chi connectivity index (χ4n) is 2.92. The normalized spacial score (nSPS) is 10.6. The summed E-state index contributed by atoms with van der Waals surface area (Å²) in [5.41, 5.74) is 3.58. The minimum Gasteiger partial charge on any atom is -0.455 e. The van der Waals surface area contributed by atoms with Gasteiger partial charge in [-0.15, -0.1) is 0 Å². The van der Waals surface area contributed by atoms with Gasteiger partial charge >= 0.3 is 5.97 Å². The average molecular weight is 422 g/mol. The van der Waals surface area contributed by atoms with E-state index in [0.717, 1.165) is 22.5 Å². The maximum absolute atomic E-state index is 12.4. The van der Waals surface area contributed by atoms with E-state index in [9.17, 15) is 9.59 Å². The molecule has 0 bridgehead atoms. The van der Waals surface area contributed by atoms with E-state index in [0.29, 0.717) is 5.16 Å². The largest absolute Gasteiger partial charge is 0.455 e. The van der Waals surface area contributed by atoms with Crippen LogP contribution >= 0.6 is 11.8 Å². The van der Waals surface area contributed by atoms with E-state index in [4.69, 9.17) is 4.74 Å². The van der Waals surface area contributed by atoms with Gasteiger partial charge in [-0.25, -0.2) is 9.97 Å². The van der Waals surface area contributed by atoms with Gasteiger partial charge in [0, 0.05) is 11.4 Å². The van der Waals surface area contributed by atoms with Crippen LogP contribution in [0.2, 0.25) is 0 Å². The highest BCUT2D eigenvalue weighted by Gasteiger charge is 2.17. The summed E-state index contributed by atoms with van der Waals surface area (Å²) in [6, 6.07) is 20.9. The molecule has 1 amide bonds. The third-order valence-corrected chi connectivity index (χ3v) is 5.04. The van der Waals surface area contributed by atoms with Gasteiger partial charge in [-0.3, -0.25) is 9.59 Å². The van der Waals surface area contributed by atoms with Crippen LogP contribution in [0.4, 0.5) is 0 Å². The van der Waals surface area contributed by atoms with Crippen molar-refractivity contribution in [1.29, 1.82) is 0 Å². The van der Waals surface area contributed by atoms with Crippen molar-refractivity contribution in [3.8, 4) is 0 Å². The van der Waals surface area contributed by atoms with E-state index in [2.05, 4.69) is 15.3 Å². The molecule has 0 saturated heterocycles. The second-order valence-electron chi connectivity index (χ2n) is 6.70. The number of hydrogen-bond acceptors (Lipinski definition) is 6. The molecule has 154 valence electrons. The maximum atomic E-state index is 12.4. The number of nitrogens with one attached hydrogen (secondary N) is 1. The van der Waals surface area contributed by atoms with E-state index >= 15 is 0 Å². The topological polar surface area (TPSA) is 81.2 Å². The molecule has 0 aliphatic heterocycles. The molecular formula is C23H23N3O3S. The van der Waals surface area contributed by atoms with Crippen molar-refractivity contribution in [1.82, 2.24) is 15.3 Å². The van der Waals surface area contributed by atoms with Crippen molar-refractivity contribution in [2.75, 3.05) is 12.4 Å². The molecule has 0 aliphatic rings. The van der Waals surface area contributed by atoms with Gasteiger partial charge in [0.2, 0.25) is 0 Å². The molecular weight excluding hydrogens is 398 g/mol. The minimum absolute atomic E-state index is 0.0387. The first kappa shape index (κ1) is 21.5. The SMILES string of the molecule is Cc1cc(C)nc(SCC(=O)OCC(=O)NC(c2ccccc2)c2ccccc2)n1. The van der Waals surface area contributed by atoms with Gasteiger partial charge in [-0.1, -0.05) is 72.4 Å². The Labute approximate surface area is 180 Å². The Kier molecular flexibility index (Phi) is 7.57. The van der Waals surface area contributed by atoms with E-state index in [1.807, 2.05) is 80.6 Å². The average Bonchev–Trinajstić information content (AvgIpc) is 2.75. The number of ether oxygens (including phenoxy) is 1. The van der Waals surface area contributed by atoms with E-state index < -0.39 is 5.97 Å². The van der Waals surface area contributed by atoms with Crippen LogP contribution in [0.3, 0.4) is 0 Å². The Morgan fingerprint density at radius 1 is 0.933 bits per heavy atom. The minimum atomic E-state index is -0.492. The predicted molar refractivity (Wildman–Crippen MR) is 116 cm³/mol. The van der Waals surface area contributed by atoms with Gasteiger partial charge in [-0.2, -0.15) is 0 Å². The number of nitrogens with zero attached hydrogens (tertiary/aromatic N) is 2. The third-order valence-electron chi connectivity index (χ3n) is 4.22. The number of amides is 1. The van der Waals surface area contributed by atoms with Crippen LogP contribution in [0, 0.1) is 13.8 Å². The maximum Gasteiger partial charge on any atom is 0.316 e. The van der Waals surface area contributed by atoms with Crippen molar-refractivity contribution in [2.45, 2.75) is 25.0 Å². The molecule has 0 spiro atoms. The van der Waals surface area contributed by atoms with Crippen molar-refractivity contribution in [3.05, 3.63) is 89.2 Å². The first-order valence-electron chi connectivity index (χ1n) is 9.51. The fourth-order valence-corrected chi connectivity index (χ4v) is 3.67. The van der Waals surface area contributed by atoms with Crippen molar-refractivity contribution in [2.24, 2.45) is 0 Å². The van der Waals surface area contributed by atoms with Gasteiger partial charge < -0.3 is 10.1 Å². The number of esters is 1. The highest BCUT2D eigenvalue weighted by Crippen LogP contribution is 2.21. The van der Waals surface area contributed by atoms with Crippen molar-refractivity contribution in [3.63, 3.8) is 0 Å². The highest BCUT2D eigenvalue weighted by molar-refractivity contribution is 7.99. The van der Waals surface area contributed by atoms with Crippen LogP contribution in [0.1, 0.15) is 28.6 Å². The Morgan fingerprint density at radius 2 is 1.47 bits per heavy atom. The second-order valence-corrected chi connectivity index (χ2v) is 7.65. The standard InChI is InChI=1S/C23H23N3O3S/c1-16-13-17(2)25-23(24-16)30-15-21(28)29-14-20(27)26-22(18-9-5-3-6-10-18)19-11-7-4-8-12-19/h3-13,22H,14-15H2,1-2H3,(H,26,27). The zero-order valence-electron chi connectivity index (χ0n) is 16.9. The molecule has 1 N–H and O–H groups in total. The lowest BCUT2D eigenvalue weighted by molar-refractivity contribution is -0.146. The predicted octanol–water partition coefficient (Wildman–Crippen LogP) is 3.63. The lowest BCUT2D eigenvalue weighted by atomic mass is 9.99. The zero-order chi connectivity index (χ0) is 21.3. The molecule has 3 aromatic rings. The molecule has 0 atom stereocenters. The van der Waals surface area contributed by atoms with Gasteiger partial charge in [0.25, 0.3) is 5.91 Å².